The van der Waals surface area contributed by atoms with Crippen molar-refractivity contribution in [2.45, 2.75) is 72.8 Å². The Morgan fingerprint density at radius 3 is 2.38 bits per heavy atom. The number of ketones is 1. The molecule has 0 spiro atoms. The minimum atomic E-state index is -0.00784. The Balaban J connectivity index is 4.05. The first kappa shape index (κ1) is 20.1. The summed E-state index contributed by atoms with van der Waals surface area (Å²) in [5.41, 5.74) is 1.04. The number of methoxy groups -OCH3 is 1. The number of hydrogen-bond acceptors (Lipinski definition) is 2. The lowest BCUT2D eigenvalue weighted by Gasteiger charge is -2.23. The molecule has 1 unspecified atom stereocenters. The topological polar surface area (TPSA) is 26.3 Å². The smallest absolute Gasteiger partial charge is 0.158 e. The Labute approximate surface area is 131 Å². The van der Waals surface area contributed by atoms with Gasteiger partial charge in [-0.3, -0.25) is 4.79 Å². The molecule has 2 nitrogen and oxygen atoms in total. The van der Waals surface area contributed by atoms with Crippen LogP contribution in [-0.2, 0) is 9.53 Å². The van der Waals surface area contributed by atoms with Crippen molar-refractivity contribution < 1.29 is 9.53 Å². The third-order valence-electron chi connectivity index (χ3n) is 3.89. The van der Waals surface area contributed by atoms with E-state index in [0.29, 0.717) is 5.92 Å². The SMILES string of the molecule is COC(C)(C)CCCC(C)CC=CC(C)=CC(=O)C(C)C. The van der Waals surface area contributed by atoms with Crippen molar-refractivity contribution in [1.82, 2.24) is 0 Å². The zero-order valence-electron chi connectivity index (χ0n) is 15.0. The predicted molar refractivity (Wildman–Crippen MR) is 91.5 cm³/mol. The zero-order valence-corrected chi connectivity index (χ0v) is 15.0. The predicted octanol–water partition coefficient (Wildman–Crippen LogP) is 5.34. The molecule has 0 aliphatic rings. The van der Waals surface area contributed by atoms with Crippen molar-refractivity contribution in [3.05, 3.63) is 23.8 Å². The summed E-state index contributed by atoms with van der Waals surface area (Å²) >= 11 is 0. The van der Waals surface area contributed by atoms with E-state index in [0.717, 1.165) is 18.4 Å². The highest BCUT2D eigenvalue weighted by atomic mass is 16.5. The summed E-state index contributed by atoms with van der Waals surface area (Å²) in [6.45, 7) is 12.4. The Bertz CT molecular complexity index is 362. The highest BCUT2D eigenvalue weighted by Gasteiger charge is 2.15. The molecular weight excluding hydrogens is 260 g/mol. The van der Waals surface area contributed by atoms with Crippen molar-refractivity contribution in [3.8, 4) is 0 Å². The summed E-state index contributed by atoms with van der Waals surface area (Å²) in [4.78, 5) is 11.6. The number of allylic oxidation sites excluding steroid dienone is 4. The van der Waals surface area contributed by atoms with Crippen LogP contribution in [0.2, 0.25) is 0 Å². The van der Waals surface area contributed by atoms with Crippen LogP contribution >= 0.6 is 0 Å². The first-order valence-electron chi connectivity index (χ1n) is 8.11. The minimum absolute atomic E-state index is 0.00784. The molecule has 0 fully saturated rings. The molecule has 2 heteroatoms. The van der Waals surface area contributed by atoms with E-state index in [1.807, 2.05) is 20.8 Å². The van der Waals surface area contributed by atoms with Crippen LogP contribution < -0.4 is 0 Å². The number of rotatable bonds is 10. The van der Waals surface area contributed by atoms with E-state index >= 15 is 0 Å². The fourth-order valence-corrected chi connectivity index (χ4v) is 2.02. The summed E-state index contributed by atoms with van der Waals surface area (Å²) in [5, 5.41) is 0. The third-order valence-corrected chi connectivity index (χ3v) is 3.89. The van der Waals surface area contributed by atoms with Gasteiger partial charge in [0.25, 0.3) is 0 Å². The first-order chi connectivity index (χ1) is 9.68. The molecule has 0 saturated carbocycles. The standard InChI is InChI=1S/C19H34O2/c1-15(2)18(20)14-17(4)11-8-10-16(3)12-9-13-19(5,6)21-7/h8,11,14-16H,9-10,12-13H2,1-7H3. The molecule has 0 aromatic heterocycles. The molecular formula is C19H34O2. The van der Waals surface area contributed by atoms with E-state index in [-0.39, 0.29) is 17.3 Å². The molecule has 21 heavy (non-hydrogen) atoms. The van der Waals surface area contributed by atoms with Crippen molar-refractivity contribution in [2.24, 2.45) is 11.8 Å². The maximum absolute atomic E-state index is 11.6. The maximum Gasteiger partial charge on any atom is 0.158 e. The minimum Gasteiger partial charge on any atom is -0.379 e. The molecule has 0 aliphatic heterocycles. The molecule has 0 bridgehead atoms. The van der Waals surface area contributed by atoms with Gasteiger partial charge in [-0.2, -0.15) is 0 Å². The highest BCUT2D eigenvalue weighted by molar-refractivity contribution is 5.92. The highest BCUT2D eigenvalue weighted by Crippen LogP contribution is 2.20. The monoisotopic (exact) mass is 294 g/mol. The van der Waals surface area contributed by atoms with Gasteiger partial charge in [0.1, 0.15) is 0 Å². The third kappa shape index (κ3) is 10.5. The van der Waals surface area contributed by atoms with Crippen LogP contribution in [0.3, 0.4) is 0 Å². The van der Waals surface area contributed by atoms with Gasteiger partial charge in [-0.1, -0.05) is 45.8 Å². The lowest BCUT2D eigenvalue weighted by atomic mass is 9.94. The summed E-state index contributed by atoms with van der Waals surface area (Å²) in [6, 6.07) is 0. The number of carbonyl (C=O) groups excluding carboxylic acids is 1. The molecule has 1 atom stereocenters. The van der Waals surface area contributed by atoms with Crippen molar-refractivity contribution >= 4 is 5.78 Å². The molecule has 0 radical (unpaired) electrons. The van der Waals surface area contributed by atoms with Crippen LogP contribution in [0.1, 0.15) is 67.2 Å². The van der Waals surface area contributed by atoms with Gasteiger partial charge in [0.2, 0.25) is 0 Å². The quantitative estimate of drug-likeness (QED) is 0.402. The van der Waals surface area contributed by atoms with Crippen LogP contribution in [0.5, 0.6) is 0 Å². The van der Waals surface area contributed by atoms with Crippen LogP contribution in [0, 0.1) is 11.8 Å². The summed E-state index contributed by atoms with van der Waals surface area (Å²) in [7, 11) is 1.78. The van der Waals surface area contributed by atoms with Crippen molar-refractivity contribution in [1.29, 1.82) is 0 Å². The van der Waals surface area contributed by atoms with Gasteiger partial charge >= 0.3 is 0 Å². The Morgan fingerprint density at radius 1 is 1.24 bits per heavy atom. The zero-order chi connectivity index (χ0) is 16.5. The number of ether oxygens (including phenoxy) is 1. The molecule has 0 heterocycles. The van der Waals surface area contributed by atoms with Gasteiger partial charge in [-0.05, 0) is 51.2 Å². The molecule has 122 valence electrons. The average molecular weight is 294 g/mol. The summed E-state index contributed by atoms with van der Waals surface area (Å²) in [6.07, 6.45) is 10.6. The van der Waals surface area contributed by atoms with E-state index in [1.54, 1.807) is 13.2 Å². The molecule has 0 aliphatic carbocycles. The largest absolute Gasteiger partial charge is 0.379 e. The molecule has 0 amide bonds. The molecule has 0 rings (SSSR count). The summed E-state index contributed by atoms with van der Waals surface area (Å²) in [5.74, 6) is 0.950. The van der Waals surface area contributed by atoms with Crippen LogP contribution in [0.25, 0.3) is 0 Å². The summed E-state index contributed by atoms with van der Waals surface area (Å²) < 4.78 is 5.43. The lowest BCUT2D eigenvalue weighted by molar-refractivity contribution is -0.117. The maximum atomic E-state index is 11.6. The molecule has 0 aromatic rings. The van der Waals surface area contributed by atoms with Gasteiger partial charge in [0.15, 0.2) is 5.78 Å². The molecule has 0 N–H and O–H groups in total. The first-order valence-corrected chi connectivity index (χ1v) is 8.11. The van der Waals surface area contributed by atoms with E-state index < -0.39 is 0 Å². The van der Waals surface area contributed by atoms with E-state index in [1.165, 1.54) is 12.8 Å². The fraction of sp³-hybridized carbons (Fsp3) is 0.737. The van der Waals surface area contributed by atoms with Crippen LogP contribution in [-0.4, -0.2) is 18.5 Å². The van der Waals surface area contributed by atoms with Crippen LogP contribution in [0.4, 0.5) is 0 Å². The van der Waals surface area contributed by atoms with Crippen molar-refractivity contribution in [2.75, 3.05) is 7.11 Å². The fourth-order valence-electron chi connectivity index (χ4n) is 2.02. The van der Waals surface area contributed by atoms with Gasteiger partial charge in [-0.25, -0.2) is 0 Å². The Morgan fingerprint density at radius 2 is 1.86 bits per heavy atom. The number of hydrogen-bond donors (Lipinski definition) is 0. The van der Waals surface area contributed by atoms with Gasteiger partial charge < -0.3 is 4.74 Å². The second kappa shape index (κ2) is 9.94. The van der Waals surface area contributed by atoms with E-state index in [4.69, 9.17) is 4.74 Å². The Hall–Kier alpha value is -0.890. The Kier molecular flexibility index (Phi) is 9.52. The second-order valence-corrected chi connectivity index (χ2v) is 7.04. The normalized spacial score (nSPS) is 15.0. The van der Waals surface area contributed by atoms with Gasteiger partial charge in [0.05, 0.1) is 5.60 Å². The average Bonchev–Trinajstić information content (AvgIpc) is 2.38. The molecule has 0 aromatic carbocycles. The molecule has 0 saturated heterocycles. The number of carbonyl (C=O) groups is 1. The van der Waals surface area contributed by atoms with Crippen LogP contribution in [0.15, 0.2) is 23.8 Å². The van der Waals surface area contributed by atoms with Gasteiger partial charge in [-0.15, -0.1) is 0 Å². The van der Waals surface area contributed by atoms with E-state index in [2.05, 4.69) is 32.9 Å². The second-order valence-electron chi connectivity index (χ2n) is 7.04. The van der Waals surface area contributed by atoms with E-state index in [9.17, 15) is 4.79 Å². The van der Waals surface area contributed by atoms with Gasteiger partial charge in [0, 0.05) is 13.0 Å². The lowest BCUT2D eigenvalue weighted by Crippen LogP contribution is -2.22. The van der Waals surface area contributed by atoms with Crippen molar-refractivity contribution in [3.63, 3.8) is 0 Å².